The molecule has 0 aliphatic heterocycles. The van der Waals surface area contributed by atoms with E-state index < -0.39 is 0 Å². The van der Waals surface area contributed by atoms with Crippen LogP contribution < -0.4 is 17.2 Å². The van der Waals surface area contributed by atoms with Crippen molar-refractivity contribution < 1.29 is 4.79 Å². The summed E-state index contributed by atoms with van der Waals surface area (Å²) in [5, 5.41) is 0. The minimum absolute atomic E-state index is 0.153. The van der Waals surface area contributed by atoms with Gasteiger partial charge >= 0.3 is 5.69 Å². The molecule has 0 radical (unpaired) electrons. The molecule has 6 N–H and O–H groups in total. The molecule has 20 heavy (non-hydrogen) atoms. The summed E-state index contributed by atoms with van der Waals surface area (Å²) in [6, 6.07) is 3.56. The molecule has 108 valence electrons. The third kappa shape index (κ3) is 3.49. The van der Waals surface area contributed by atoms with Gasteiger partial charge in [-0.15, -0.1) is 0 Å². The van der Waals surface area contributed by atoms with Gasteiger partial charge in [-0.3, -0.25) is 4.79 Å². The van der Waals surface area contributed by atoms with Gasteiger partial charge < -0.3 is 21.4 Å². The molecule has 0 fully saturated rings. The maximum absolute atomic E-state index is 11.3. The SMILES string of the molecule is NC(=O)CCCCC(N)c1cc2[nH]c(=O)[nH]c2cc1Br. The summed E-state index contributed by atoms with van der Waals surface area (Å²) in [7, 11) is 0. The molecule has 1 atom stereocenters. The van der Waals surface area contributed by atoms with Gasteiger partial charge in [0.25, 0.3) is 0 Å². The highest BCUT2D eigenvalue weighted by Gasteiger charge is 2.12. The summed E-state index contributed by atoms with van der Waals surface area (Å²) >= 11 is 3.47. The van der Waals surface area contributed by atoms with Crippen molar-refractivity contribution in [1.29, 1.82) is 0 Å². The fraction of sp³-hybridized carbons (Fsp3) is 0.385. The van der Waals surface area contributed by atoms with Crippen molar-refractivity contribution in [3.63, 3.8) is 0 Å². The van der Waals surface area contributed by atoms with E-state index in [2.05, 4.69) is 25.9 Å². The van der Waals surface area contributed by atoms with E-state index >= 15 is 0 Å². The van der Waals surface area contributed by atoms with Crippen LogP contribution in [-0.2, 0) is 4.79 Å². The first-order chi connectivity index (χ1) is 9.47. The normalized spacial score (nSPS) is 12.7. The zero-order valence-electron chi connectivity index (χ0n) is 10.9. The van der Waals surface area contributed by atoms with E-state index in [1.165, 1.54) is 0 Å². The predicted octanol–water partition coefficient (Wildman–Crippen LogP) is 1.66. The first-order valence-electron chi connectivity index (χ1n) is 6.42. The summed E-state index contributed by atoms with van der Waals surface area (Å²) in [6.45, 7) is 0. The molecule has 6 nitrogen and oxygen atoms in total. The summed E-state index contributed by atoms with van der Waals surface area (Å²) in [4.78, 5) is 27.3. The fourth-order valence-corrected chi connectivity index (χ4v) is 2.81. The number of fused-ring (bicyclic) bond motifs is 1. The van der Waals surface area contributed by atoms with E-state index in [9.17, 15) is 9.59 Å². The molecule has 2 aromatic rings. The first-order valence-corrected chi connectivity index (χ1v) is 7.22. The minimum atomic E-state index is -0.286. The Kier molecular flexibility index (Phi) is 4.61. The lowest BCUT2D eigenvalue weighted by Gasteiger charge is -2.13. The van der Waals surface area contributed by atoms with Gasteiger partial charge in [0.15, 0.2) is 0 Å². The van der Waals surface area contributed by atoms with Crippen LogP contribution in [-0.4, -0.2) is 15.9 Å². The van der Waals surface area contributed by atoms with Crippen LogP contribution in [0.4, 0.5) is 0 Å². The number of halogens is 1. The maximum atomic E-state index is 11.3. The number of amides is 1. The van der Waals surface area contributed by atoms with Gasteiger partial charge in [-0.05, 0) is 30.5 Å². The Morgan fingerprint density at radius 1 is 1.25 bits per heavy atom. The fourth-order valence-electron chi connectivity index (χ4n) is 2.18. The average molecular weight is 341 g/mol. The maximum Gasteiger partial charge on any atom is 0.323 e. The molecule has 1 heterocycles. The Bertz CT molecular complexity index is 677. The Morgan fingerprint density at radius 2 is 1.90 bits per heavy atom. The van der Waals surface area contributed by atoms with E-state index in [-0.39, 0.29) is 17.6 Å². The molecule has 7 heteroatoms. The standard InChI is InChI=1S/C13H17BrN4O2/c14-8-6-11-10(17-13(20)18-11)5-7(8)9(15)3-1-2-4-12(16)19/h5-6,9H,1-4,15H2,(H2,16,19)(H2,17,18,20). The third-order valence-corrected chi connectivity index (χ3v) is 3.91. The Balaban J connectivity index is 2.08. The molecule has 1 unspecified atom stereocenters. The second-order valence-electron chi connectivity index (χ2n) is 4.82. The van der Waals surface area contributed by atoms with Gasteiger partial charge in [0.1, 0.15) is 0 Å². The molecule has 0 bridgehead atoms. The predicted molar refractivity (Wildman–Crippen MR) is 81.2 cm³/mol. The lowest BCUT2D eigenvalue weighted by molar-refractivity contribution is -0.118. The van der Waals surface area contributed by atoms with Crippen LogP contribution in [0.1, 0.15) is 37.3 Å². The number of aromatic amines is 2. The molecule has 0 saturated carbocycles. The molecule has 2 rings (SSSR count). The number of aromatic nitrogens is 2. The molecular weight excluding hydrogens is 324 g/mol. The van der Waals surface area contributed by atoms with Crippen molar-refractivity contribution in [2.24, 2.45) is 11.5 Å². The molecule has 1 aromatic heterocycles. The van der Waals surface area contributed by atoms with Crippen molar-refractivity contribution >= 4 is 32.9 Å². The largest absolute Gasteiger partial charge is 0.370 e. The minimum Gasteiger partial charge on any atom is -0.370 e. The van der Waals surface area contributed by atoms with Crippen LogP contribution >= 0.6 is 15.9 Å². The lowest BCUT2D eigenvalue weighted by atomic mass is 10.0. The molecular formula is C13H17BrN4O2. The van der Waals surface area contributed by atoms with Gasteiger partial charge in [-0.2, -0.15) is 0 Å². The molecule has 0 aliphatic carbocycles. The topological polar surface area (TPSA) is 118 Å². The number of primary amides is 1. The summed E-state index contributed by atoms with van der Waals surface area (Å²) in [5.41, 5.74) is 13.4. The molecule has 1 aromatic carbocycles. The van der Waals surface area contributed by atoms with Crippen LogP contribution in [0.2, 0.25) is 0 Å². The van der Waals surface area contributed by atoms with Gasteiger partial charge in [0.2, 0.25) is 5.91 Å². The zero-order chi connectivity index (χ0) is 14.7. The number of rotatable bonds is 6. The number of hydrogen-bond acceptors (Lipinski definition) is 3. The second kappa shape index (κ2) is 6.23. The number of nitrogens with one attached hydrogen (secondary N) is 2. The number of carbonyl (C=O) groups is 1. The Hall–Kier alpha value is -1.60. The van der Waals surface area contributed by atoms with Crippen molar-refractivity contribution in [3.8, 4) is 0 Å². The summed E-state index contributed by atoms with van der Waals surface area (Å²) in [6.07, 6.45) is 2.71. The van der Waals surface area contributed by atoms with Gasteiger partial charge in [0, 0.05) is 16.9 Å². The highest BCUT2D eigenvalue weighted by molar-refractivity contribution is 9.10. The van der Waals surface area contributed by atoms with Crippen LogP contribution in [0, 0.1) is 0 Å². The number of unbranched alkanes of at least 4 members (excludes halogenated alkanes) is 1. The molecule has 0 aliphatic rings. The van der Waals surface area contributed by atoms with Crippen LogP contribution in [0.3, 0.4) is 0 Å². The number of H-pyrrole nitrogens is 2. The van der Waals surface area contributed by atoms with E-state index in [0.29, 0.717) is 6.42 Å². The van der Waals surface area contributed by atoms with Crippen molar-refractivity contribution in [2.75, 3.05) is 0 Å². The van der Waals surface area contributed by atoms with Gasteiger partial charge in [0.05, 0.1) is 11.0 Å². The number of benzene rings is 1. The summed E-state index contributed by atoms with van der Waals surface area (Å²) in [5.74, 6) is -0.286. The van der Waals surface area contributed by atoms with E-state index in [1.807, 2.05) is 12.1 Å². The smallest absolute Gasteiger partial charge is 0.323 e. The number of imidazole rings is 1. The highest BCUT2D eigenvalue weighted by Crippen LogP contribution is 2.28. The summed E-state index contributed by atoms with van der Waals surface area (Å²) < 4.78 is 0.864. The monoisotopic (exact) mass is 340 g/mol. The molecule has 0 saturated heterocycles. The van der Waals surface area contributed by atoms with Gasteiger partial charge in [-0.1, -0.05) is 22.4 Å². The zero-order valence-corrected chi connectivity index (χ0v) is 12.5. The molecule has 0 spiro atoms. The van der Waals surface area contributed by atoms with Crippen LogP contribution in [0.25, 0.3) is 11.0 Å². The number of hydrogen-bond donors (Lipinski definition) is 4. The molecule has 1 amide bonds. The van der Waals surface area contributed by atoms with Crippen LogP contribution in [0.5, 0.6) is 0 Å². The third-order valence-electron chi connectivity index (χ3n) is 3.22. The van der Waals surface area contributed by atoms with E-state index in [1.54, 1.807) is 0 Å². The van der Waals surface area contributed by atoms with Crippen molar-refractivity contribution in [1.82, 2.24) is 9.97 Å². The highest BCUT2D eigenvalue weighted by atomic mass is 79.9. The first kappa shape index (κ1) is 14.8. The van der Waals surface area contributed by atoms with Crippen LogP contribution in [0.15, 0.2) is 21.4 Å². The Morgan fingerprint density at radius 3 is 2.55 bits per heavy atom. The number of carbonyl (C=O) groups excluding carboxylic acids is 1. The Labute approximate surface area is 124 Å². The van der Waals surface area contributed by atoms with E-state index in [0.717, 1.165) is 40.3 Å². The quantitative estimate of drug-likeness (QED) is 0.599. The lowest BCUT2D eigenvalue weighted by Crippen LogP contribution is -2.12. The van der Waals surface area contributed by atoms with Crippen molar-refractivity contribution in [3.05, 3.63) is 32.7 Å². The van der Waals surface area contributed by atoms with E-state index in [4.69, 9.17) is 11.5 Å². The second-order valence-corrected chi connectivity index (χ2v) is 5.67. The number of nitrogens with two attached hydrogens (primary N) is 2. The average Bonchev–Trinajstić information content (AvgIpc) is 2.72. The van der Waals surface area contributed by atoms with Gasteiger partial charge in [-0.25, -0.2) is 4.79 Å². The van der Waals surface area contributed by atoms with Crippen molar-refractivity contribution in [2.45, 2.75) is 31.7 Å².